The van der Waals surface area contributed by atoms with E-state index in [0.29, 0.717) is 6.42 Å². The van der Waals surface area contributed by atoms with Gasteiger partial charge in [0.1, 0.15) is 0 Å². The van der Waals surface area contributed by atoms with Crippen LogP contribution in [0.25, 0.3) is 0 Å². The first-order valence-corrected chi connectivity index (χ1v) is 9.93. The van der Waals surface area contributed by atoms with E-state index in [-0.39, 0.29) is 11.5 Å². The predicted molar refractivity (Wildman–Crippen MR) is 91.8 cm³/mol. The molecule has 0 aromatic heterocycles. The number of alkyl halides is 1. The Morgan fingerprint density at radius 3 is 2.04 bits per heavy atom. The van der Waals surface area contributed by atoms with Crippen LogP contribution >= 0.6 is 0 Å². The Hall–Kier alpha value is -0.940. The monoisotopic (exact) mass is 344 g/mol. The van der Waals surface area contributed by atoms with Gasteiger partial charge in [0.15, 0.2) is 0 Å². The Bertz CT molecular complexity index is 524. The topological polar surface area (TPSA) is 43.4 Å². The molecular weight excluding hydrogens is 315 g/mol. The third-order valence-electron chi connectivity index (χ3n) is 3.79. The van der Waals surface area contributed by atoms with Gasteiger partial charge in [-0.3, -0.25) is 4.18 Å². The van der Waals surface area contributed by atoms with Gasteiger partial charge in [0.2, 0.25) is 0 Å². The van der Waals surface area contributed by atoms with Gasteiger partial charge < -0.3 is 0 Å². The Kier molecular flexibility index (Phi) is 9.41. The average Bonchev–Trinajstić information content (AvgIpc) is 2.49. The van der Waals surface area contributed by atoms with Crippen LogP contribution in [0.4, 0.5) is 4.39 Å². The van der Waals surface area contributed by atoms with Crippen molar-refractivity contribution in [2.75, 3.05) is 6.61 Å². The second kappa shape index (κ2) is 10.8. The van der Waals surface area contributed by atoms with Crippen molar-refractivity contribution >= 4 is 10.1 Å². The average molecular weight is 344 g/mol. The Morgan fingerprint density at radius 2 is 1.48 bits per heavy atom. The van der Waals surface area contributed by atoms with E-state index in [2.05, 4.69) is 0 Å². The molecule has 1 aromatic rings. The summed E-state index contributed by atoms with van der Waals surface area (Å²) in [6.07, 6.45) is 7.00. The highest BCUT2D eigenvalue weighted by Gasteiger charge is 2.14. The molecule has 0 saturated carbocycles. The second-order valence-electron chi connectivity index (χ2n) is 6.13. The van der Waals surface area contributed by atoms with Gasteiger partial charge in [-0.05, 0) is 38.8 Å². The molecular formula is C18H29FO3S. The van der Waals surface area contributed by atoms with Crippen molar-refractivity contribution in [1.82, 2.24) is 0 Å². The van der Waals surface area contributed by atoms with Gasteiger partial charge in [-0.15, -0.1) is 0 Å². The van der Waals surface area contributed by atoms with E-state index in [1.165, 1.54) is 0 Å². The number of hydrogen-bond donors (Lipinski definition) is 0. The third kappa shape index (κ3) is 9.06. The highest BCUT2D eigenvalue weighted by molar-refractivity contribution is 7.86. The summed E-state index contributed by atoms with van der Waals surface area (Å²) in [7, 11) is -3.63. The lowest BCUT2D eigenvalue weighted by Crippen LogP contribution is -2.07. The standard InChI is InChI=1S/C18H29FO3S/c1-16-11-13-18(14-12-16)23(20,21)22-15-9-7-5-3-4-6-8-10-17(2)19/h11-14,17H,3-10,15H2,1-2H3. The van der Waals surface area contributed by atoms with Crippen LogP contribution in [0.15, 0.2) is 29.2 Å². The van der Waals surface area contributed by atoms with Gasteiger partial charge in [0, 0.05) is 0 Å². The maximum atomic E-state index is 12.6. The molecule has 0 bridgehead atoms. The van der Waals surface area contributed by atoms with Crippen LogP contribution in [0.5, 0.6) is 0 Å². The van der Waals surface area contributed by atoms with Crippen LogP contribution in [0.1, 0.15) is 63.9 Å². The SMILES string of the molecule is Cc1ccc(S(=O)(=O)OCCCCCCCCCC(C)F)cc1. The van der Waals surface area contributed by atoms with Gasteiger partial charge in [-0.1, -0.05) is 56.2 Å². The predicted octanol–water partition coefficient (Wildman–Crippen LogP) is 5.18. The minimum absolute atomic E-state index is 0.213. The molecule has 3 nitrogen and oxygen atoms in total. The van der Waals surface area contributed by atoms with Crippen LogP contribution in [0, 0.1) is 6.92 Å². The zero-order valence-corrected chi connectivity index (χ0v) is 15.1. The first-order valence-electron chi connectivity index (χ1n) is 8.52. The minimum atomic E-state index is -3.63. The summed E-state index contributed by atoms with van der Waals surface area (Å²) in [4.78, 5) is 0.213. The Labute approximate surface area is 140 Å². The molecule has 1 unspecified atom stereocenters. The summed E-state index contributed by atoms with van der Waals surface area (Å²) in [5.74, 6) is 0. The van der Waals surface area contributed by atoms with Crippen molar-refractivity contribution in [2.45, 2.75) is 76.3 Å². The molecule has 0 N–H and O–H groups in total. The summed E-state index contributed by atoms with van der Waals surface area (Å²) in [5.41, 5.74) is 1.02. The molecule has 0 fully saturated rings. The molecule has 0 aliphatic rings. The normalized spacial score (nSPS) is 13.2. The summed E-state index contributed by atoms with van der Waals surface area (Å²) in [6, 6.07) is 6.67. The fraction of sp³-hybridized carbons (Fsp3) is 0.667. The van der Waals surface area contributed by atoms with Gasteiger partial charge in [0.25, 0.3) is 10.1 Å². The molecule has 0 amide bonds. The maximum Gasteiger partial charge on any atom is 0.296 e. The first kappa shape index (κ1) is 20.1. The zero-order valence-electron chi connectivity index (χ0n) is 14.3. The largest absolute Gasteiger partial charge is 0.296 e. The third-order valence-corrected chi connectivity index (χ3v) is 5.12. The Morgan fingerprint density at radius 1 is 0.957 bits per heavy atom. The molecule has 23 heavy (non-hydrogen) atoms. The minimum Gasteiger partial charge on any atom is -0.266 e. The van der Waals surface area contributed by atoms with E-state index >= 15 is 0 Å². The maximum absolute atomic E-state index is 12.6. The number of rotatable bonds is 12. The summed E-state index contributed by atoms with van der Waals surface area (Å²) >= 11 is 0. The quantitative estimate of drug-likeness (QED) is 0.388. The van der Waals surface area contributed by atoms with Crippen molar-refractivity contribution in [1.29, 1.82) is 0 Å². The lowest BCUT2D eigenvalue weighted by atomic mass is 10.1. The zero-order chi connectivity index (χ0) is 17.1. The lowest BCUT2D eigenvalue weighted by Gasteiger charge is -2.06. The highest BCUT2D eigenvalue weighted by Crippen LogP contribution is 2.15. The lowest BCUT2D eigenvalue weighted by molar-refractivity contribution is 0.305. The van der Waals surface area contributed by atoms with Crippen molar-refractivity contribution in [3.05, 3.63) is 29.8 Å². The van der Waals surface area contributed by atoms with Crippen molar-refractivity contribution in [2.24, 2.45) is 0 Å². The van der Waals surface area contributed by atoms with Crippen LogP contribution in [0.3, 0.4) is 0 Å². The van der Waals surface area contributed by atoms with E-state index in [4.69, 9.17) is 4.18 Å². The second-order valence-corrected chi connectivity index (χ2v) is 7.75. The van der Waals surface area contributed by atoms with Crippen molar-refractivity contribution in [3.8, 4) is 0 Å². The van der Waals surface area contributed by atoms with Crippen molar-refractivity contribution in [3.63, 3.8) is 0 Å². The number of hydrogen-bond acceptors (Lipinski definition) is 3. The van der Waals surface area contributed by atoms with Gasteiger partial charge in [0.05, 0.1) is 17.7 Å². The molecule has 0 aliphatic heterocycles. The number of benzene rings is 1. The molecule has 1 rings (SSSR count). The molecule has 0 spiro atoms. The number of aryl methyl sites for hydroxylation is 1. The van der Waals surface area contributed by atoms with E-state index < -0.39 is 16.3 Å². The fourth-order valence-electron chi connectivity index (χ4n) is 2.35. The van der Waals surface area contributed by atoms with Crippen LogP contribution in [-0.2, 0) is 14.3 Å². The van der Waals surface area contributed by atoms with Gasteiger partial charge in [-0.25, -0.2) is 4.39 Å². The molecule has 1 aromatic carbocycles. The van der Waals surface area contributed by atoms with E-state index in [9.17, 15) is 12.8 Å². The molecule has 0 heterocycles. The Balaban J connectivity index is 2.07. The molecule has 132 valence electrons. The van der Waals surface area contributed by atoms with Gasteiger partial charge >= 0.3 is 0 Å². The molecule has 5 heteroatoms. The van der Waals surface area contributed by atoms with Crippen LogP contribution < -0.4 is 0 Å². The first-order chi connectivity index (χ1) is 10.9. The van der Waals surface area contributed by atoms with Crippen LogP contribution in [0.2, 0.25) is 0 Å². The summed E-state index contributed by atoms with van der Waals surface area (Å²) < 4.78 is 41.6. The number of unbranched alkanes of at least 4 members (excludes halogenated alkanes) is 6. The fourth-order valence-corrected chi connectivity index (χ4v) is 3.30. The smallest absolute Gasteiger partial charge is 0.266 e. The van der Waals surface area contributed by atoms with Gasteiger partial charge in [-0.2, -0.15) is 8.42 Å². The summed E-state index contributed by atoms with van der Waals surface area (Å²) in [6.45, 7) is 3.75. The molecule has 0 saturated heterocycles. The van der Waals surface area contributed by atoms with E-state index in [1.54, 1.807) is 31.2 Å². The number of halogens is 1. The molecule has 1 atom stereocenters. The highest BCUT2D eigenvalue weighted by atomic mass is 32.2. The van der Waals surface area contributed by atoms with E-state index in [0.717, 1.165) is 50.5 Å². The molecule has 0 aliphatic carbocycles. The van der Waals surface area contributed by atoms with Crippen LogP contribution in [-0.4, -0.2) is 21.2 Å². The van der Waals surface area contributed by atoms with Crippen molar-refractivity contribution < 1.29 is 17.0 Å². The molecule has 0 radical (unpaired) electrons. The van der Waals surface area contributed by atoms with E-state index in [1.807, 2.05) is 6.92 Å². The summed E-state index contributed by atoms with van der Waals surface area (Å²) in [5, 5.41) is 0.